The number of nitrogens with one attached hydrogen (secondary N) is 1. The molecule has 3 rings (SSSR count). The van der Waals surface area contributed by atoms with E-state index in [2.05, 4.69) is 40.6 Å². The first-order valence-electron chi connectivity index (χ1n) is 8.46. The van der Waals surface area contributed by atoms with Crippen molar-refractivity contribution in [1.29, 1.82) is 0 Å². The van der Waals surface area contributed by atoms with Crippen molar-refractivity contribution in [3.63, 3.8) is 0 Å². The molecule has 0 radical (unpaired) electrons. The van der Waals surface area contributed by atoms with Gasteiger partial charge in [0, 0.05) is 60.4 Å². The molecule has 0 amide bonds. The van der Waals surface area contributed by atoms with Gasteiger partial charge in [0.15, 0.2) is 0 Å². The average Bonchev–Trinajstić information content (AvgIpc) is 3.02. The molecule has 1 saturated heterocycles. The Morgan fingerprint density at radius 3 is 2.71 bits per heavy atom. The third-order valence-electron chi connectivity index (χ3n) is 4.68. The van der Waals surface area contributed by atoms with E-state index in [0.29, 0.717) is 6.04 Å². The first kappa shape index (κ1) is 17.2. The van der Waals surface area contributed by atoms with Crippen LogP contribution in [-0.2, 0) is 17.8 Å². The van der Waals surface area contributed by atoms with Gasteiger partial charge in [-0.1, -0.05) is 12.1 Å². The first-order chi connectivity index (χ1) is 11.5. The number of anilines is 1. The fourth-order valence-electron chi connectivity index (χ4n) is 3.32. The average molecular weight is 347 g/mol. The normalized spacial score (nSPS) is 20.8. The lowest BCUT2D eigenvalue weighted by Crippen LogP contribution is -2.46. The van der Waals surface area contributed by atoms with Crippen molar-refractivity contribution < 1.29 is 4.21 Å². The minimum atomic E-state index is -0.916. The lowest BCUT2D eigenvalue weighted by Gasteiger charge is -2.35. The van der Waals surface area contributed by atoms with Gasteiger partial charge in [0.2, 0.25) is 0 Å². The number of aryl methyl sites for hydroxylation is 1. The van der Waals surface area contributed by atoms with Crippen LogP contribution in [0.2, 0.25) is 0 Å². The standard InChI is InChI=1S/C18H26N4OS/c1-14(15-6-8-18(9-7-15)24(3)23)20-16-5-4-10-22(12-16)17-11-19-21(2)13-17/h6-9,11,13-14,16,20H,4-5,10,12H2,1-3H3. The summed E-state index contributed by atoms with van der Waals surface area (Å²) >= 11 is 0. The smallest absolute Gasteiger partial charge is 0.0752 e. The molecule has 3 atom stereocenters. The Kier molecular flexibility index (Phi) is 5.36. The molecular weight excluding hydrogens is 320 g/mol. The molecule has 1 aromatic heterocycles. The predicted molar refractivity (Wildman–Crippen MR) is 98.8 cm³/mol. The molecular formula is C18H26N4OS. The third-order valence-corrected chi connectivity index (χ3v) is 5.61. The molecule has 130 valence electrons. The zero-order chi connectivity index (χ0) is 17.1. The van der Waals surface area contributed by atoms with Crippen molar-refractivity contribution in [3.05, 3.63) is 42.2 Å². The maximum atomic E-state index is 11.5. The molecule has 2 aromatic rings. The molecule has 1 aliphatic rings. The summed E-state index contributed by atoms with van der Waals surface area (Å²) in [4.78, 5) is 3.29. The maximum Gasteiger partial charge on any atom is 0.0752 e. The Morgan fingerprint density at radius 2 is 2.08 bits per heavy atom. The van der Waals surface area contributed by atoms with Gasteiger partial charge in [-0.25, -0.2) is 0 Å². The molecule has 1 aromatic carbocycles. The summed E-state index contributed by atoms with van der Waals surface area (Å²) in [5.74, 6) is 0. The molecule has 6 heteroatoms. The van der Waals surface area contributed by atoms with E-state index < -0.39 is 10.8 Å². The van der Waals surface area contributed by atoms with E-state index in [-0.39, 0.29) is 6.04 Å². The Bertz CT molecular complexity index is 697. The van der Waals surface area contributed by atoms with Crippen LogP contribution in [0.25, 0.3) is 0 Å². The minimum Gasteiger partial charge on any atom is -0.367 e. The Labute approximate surface area is 146 Å². The van der Waals surface area contributed by atoms with E-state index in [1.165, 1.54) is 24.1 Å². The van der Waals surface area contributed by atoms with Crippen LogP contribution in [0, 0.1) is 0 Å². The second-order valence-corrected chi connectivity index (χ2v) is 7.95. The summed E-state index contributed by atoms with van der Waals surface area (Å²) < 4.78 is 13.4. The zero-order valence-corrected chi connectivity index (χ0v) is 15.4. The number of aromatic nitrogens is 2. The number of hydrogen-bond donors (Lipinski definition) is 1. The largest absolute Gasteiger partial charge is 0.367 e. The fourth-order valence-corrected chi connectivity index (χ4v) is 3.84. The molecule has 3 unspecified atom stereocenters. The summed E-state index contributed by atoms with van der Waals surface area (Å²) in [6.45, 7) is 4.29. The molecule has 24 heavy (non-hydrogen) atoms. The Morgan fingerprint density at radius 1 is 1.33 bits per heavy atom. The summed E-state index contributed by atoms with van der Waals surface area (Å²) in [5, 5.41) is 8.02. The van der Waals surface area contributed by atoms with Crippen molar-refractivity contribution >= 4 is 16.5 Å². The predicted octanol–water partition coefficient (Wildman–Crippen LogP) is 2.48. The first-order valence-corrected chi connectivity index (χ1v) is 10.0. The van der Waals surface area contributed by atoms with Crippen LogP contribution in [0.5, 0.6) is 0 Å². The van der Waals surface area contributed by atoms with E-state index in [4.69, 9.17) is 0 Å². The zero-order valence-electron chi connectivity index (χ0n) is 14.6. The van der Waals surface area contributed by atoms with Crippen molar-refractivity contribution in [3.8, 4) is 0 Å². The van der Waals surface area contributed by atoms with Gasteiger partial charge in [0.25, 0.3) is 0 Å². The SMILES string of the molecule is CC(NC1CCCN(c2cnn(C)c2)C1)c1ccc(S(C)=O)cc1. The Balaban J connectivity index is 1.61. The highest BCUT2D eigenvalue weighted by Crippen LogP contribution is 2.22. The molecule has 1 aliphatic heterocycles. The number of piperidine rings is 1. The highest BCUT2D eigenvalue weighted by atomic mass is 32.2. The van der Waals surface area contributed by atoms with Gasteiger partial charge in [0.05, 0.1) is 11.9 Å². The van der Waals surface area contributed by atoms with E-state index in [9.17, 15) is 4.21 Å². The monoisotopic (exact) mass is 346 g/mol. The van der Waals surface area contributed by atoms with E-state index in [0.717, 1.165) is 18.0 Å². The van der Waals surface area contributed by atoms with Crippen LogP contribution >= 0.6 is 0 Å². The number of nitrogens with zero attached hydrogens (tertiary/aromatic N) is 3. The molecule has 0 aliphatic carbocycles. The van der Waals surface area contributed by atoms with Crippen LogP contribution in [-0.4, -0.2) is 39.4 Å². The highest BCUT2D eigenvalue weighted by molar-refractivity contribution is 7.84. The van der Waals surface area contributed by atoms with Gasteiger partial charge in [0.1, 0.15) is 0 Å². The second kappa shape index (κ2) is 7.49. The highest BCUT2D eigenvalue weighted by Gasteiger charge is 2.22. The van der Waals surface area contributed by atoms with E-state index in [1.54, 1.807) is 6.26 Å². The van der Waals surface area contributed by atoms with Crippen LogP contribution in [0.1, 0.15) is 31.4 Å². The Hall–Kier alpha value is -1.66. The number of benzene rings is 1. The van der Waals surface area contributed by atoms with Crippen molar-refractivity contribution in [2.24, 2.45) is 7.05 Å². The molecule has 5 nitrogen and oxygen atoms in total. The van der Waals surface area contributed by atoms with E-state index >= 15 is 0 Å². The summed E-state index contributed by atoms with van der Waals surface area (Å²) in [6.07, 6.45) is 8.11. The topological polar surface area (TPSA) is 50.2 Å². The van der Waals surface area contributed by atoms with Gasteiger partial charge in [-0.15, -0.1) is 0 Å². The quantitative estimate of drug-likeness (QED) is 0.904. The summed E-state index contributed by atoms with van der Waals surface area (Å²) in [6, 6.07) is 8.84. The number of hydrogen-bond acceptors (Lipinski definition) is 4. The van der Waals surface area contributed by atoms with Gasteiger partial charge in [-0.2, -0.15) is 5.10 Å². The molecule has 1 fully saturated rings. The molecule has 2 heterocycles. The maximum absolute atomic E-state index is 11.5. The second-order valence-electron chi connectivity index (χ2n) is 6.57. The molecule has 0 bridgehead atoms. The van der Waals surface area contributed by atoms with Crippen LogP contribution in [0.3, 0.4) is 0 Å². The fraction of sp³-hybridized carbons (Fsp3) is 0.500. The number of rotatable bonds is 5. The van der Waals surface area contributed by atoms with Crippen LogP contribution in [0.15, 0.2) is 41.6 Å². The third kappa shape index (κ3) is 4.05. The van der Waals surface area contributed by atoms with Gasteiger partial charge in [-0.05, 0) is 37.5 Å². The van der Waals surface area contributed by atoms with Crippen molar-refractivity contribution in [2.75, 3.05) is 24.2 Å². The summed E-state index contributed by atoms with van der Waals surface area (Å²) in [7, 11) is 1.04. The van der Waals surface area contributed by atoms with Crippen LogP contribution in [0.4, 0.5) is 5.69 Å². The van der Waals surface area contributed by atoms with Crippen molar-refractivity contribution in [2.45, 2.75) is 36.7 Å². The minimum absolute atomic E-state index is 0.281. The summed E-state index contributed by atoms with van der Waals surface area (Å²) in [5.41, 5.74) is 2.44. The lowest BCUT2D eigenvalue weighted by atomic mass is 10.0. The molecule has 0 spiro atoms. The van der Waals surface area contributed by atoms with E-state index in [1.807, 2.05) is 30.1 Å². The van der Waals surface area contributed by atoms with Gasteiger partial charge < -0.3 is 10.2 Å². The van der Waals surface area contributed by atoms with Gasteiger partial charge in [-0.3, -0.25) is 8.89 Å². The van der Waals surface area contributed by atoms with Crippen LogP contribution < -0.4 is 10.2 Å². The van der Waals surface area contributed by atoms with Crippen molar-refractivity contribution in [1.82, 2.24) is 15.1 Å². The molecule has 0 saturated carbocycles. The lowest BCUT2D eigenvalue weighted by molar-refractivity contribution is 0.388. The van der Waals surface area contributed by atoms with Gasteiger partial charge >= 0.3 is 0 Å². The molecule has 1 N–H and O–H groups in total.